The molecule has 0 bridgehead atoms. The first-order valence-electron chi connectivity index (χ1n) is 9.21. The third-order valence-corrected chi connectivity index (χ3v) is 4.97. The highest BCUT2D eigenvalue weighted by Gasteiger charge is 2.26. The van der Waals surface area contributed by atoms with Gasteiger partial charge in [0.25, 0.3) is 0 Å². The molecule has 2 aromatic carbocycles. The molecule has 0 atom stereocenters. The number of halogens is 1. The van der Waals surface area contributed by atoms with Crippen molar-refractivity contribution < 1.29 is 9.90 Å². The third-order valence-electron chi connectivity index (χ3n) is 4.73. The fourth-order valence-electron chi connectivity index (χ4n) is 2.86. The van der Waals surface area contributed by atoms with Gasteiger partial charge in [0.15, 0.2) is 0 Å². The monoisotopic (exact) mass is 397 g/mol. The summed E-state index contributed by atoms with van der Waals surface area (Å²) < 4.78 is 1.86. The van der Waals surface area contributed by atoms with Crippen LogP contribution in [0, 0.1) is 5.41 Å². The number of carbonyl (C=O) groups is 1. The number of nitrogens with one attached hydrogen (secondary N) is 1. The zero-order chi connectivity index (χ0) is 20.1. The van der Waals surface area contributed by atoms with Crippen LogP contribution < -0.4 is 5.32 Å². The Kier molecular flexibility index (Phi) is 6.17. The Labute approximate surface area is 170 Å². The Morgan fingerprint density at radius 3 is 2.61 bits per heavy atom. The summed E-state index contributed by atoms with van der Waals surface area (Å²) in [6.07, 6.45) is 2.54. The van der Waals surface area contributed by atoms with E-state index in [2.05, 4.69) is 5.32 Å². The van der Waals surface area contributed by atoms with Crippen molar-refractivity contribution >= 4 is 17.6 Å². The summed E-state index contributed by atoms with van der Waals surface area (Å²) in [5.74, 6) is -0.786. The lowest BCUT2D eigenvalue weighted by Gasteiger charge is -2.18. The van der Waals surface area contributed by atoms with Crippen molar-refractivity contribution in [1.82, 2.24) is 15.1 Å². The van der Waals surface area contributed by atoms with E-state index < -0.39 is 11.4 Å². The van der Waals surface area contributed by atoms with Crippen molar-refractivity contribution in [2.75, 3.05) is 6.54 Å². The van der Waals surface area contributed by atoms with Gasteiger partial charge in [-0.3, -0.25) is 4.79 Å². The molecule has 1 aromatic heterocycles. The number of rotatable bonds is 8. The molecule has 28 heavy (non-hydrogen) atoms. The summed E-state index contributed by atoms with van der Waals surface area (Å²) in [6.45, 7) is 4.67. The molecule has 2 N–H and O–H groups in total. The maximum Gasteiger partial charge on any atom is 0.309 e. The summed E-state index contributed by atoms with van der Waals surface area (Å²) in [4.78, 5) is 11.3. The predicted octanol–water partition coefficient (Wildman–Crippen LogP) is 4.78. The van der Waals surface area contributed by atoms with Gasteiger partial charge in [0.05, 0.1) is 16.8 Å². The molecule has 0 radical (unpaired) electrons. The van der Waals surface area contributed by atoms with Crippen LogP contribution in [-0.2, 0) is 11.3 Å². The van der Waals surface area contributed by atoms with Gasteiger partial charge in [-0.15, -0.1) is 0 Å². The average molecular weight is 398 g/mol. The van der Waals surface area contributed by atoms with E-state index in [0.29, 0.717) is 24.5 Å². The number of carboxylic acid groups (broad SMARTS) is 1. The number of carboxylic acids is 1. The van der Waals surface area contributed by atoms with E-state index in [9.17, 15) is 9.90 Å². The highest BCUT2D eigenvalue weighted by molar-refractivity contribution is 6.30. The molecule has 0 aliphatic heterocycles. The molecule has 0 fully saturated rings. The van der Waals surface area contributed by atoms with Crippen molar-refractivity contribution in [3.8, 4) is 16.9 Å². The Bertz CT molecular complexity index is 951. The molecule has 0 unspecified atom stereocenters. The smallest absolute Gasteiger partial charge is 0.309 e. The molecule has 5 nitrogen and oxygen atoms in total. The molecule has 3 rings (SSSR count). The van der Waals surface area contributed by atoms with E-state index in [1.807, 2.05) is 65.5 Å². The fourth-order valence-corrected chi connectivity index (χ4v) is 3.05. The molecule has 0 amide bonds. The molecule has 146 valence electrons. The van der Waals surface area contributed by atoms with E-state index in [-0.39, 0.29) is 0 Å². The first kappa shape index (κ1) is 20.1. The van der Waals surface area contributed by atoms with E-state index in [4.69, 9.17) is 16.7 Å². The highest BCUT2D eigenvalue weighted by atomic mass is 35.5. The largest absolute Gasteiger partial charge is 0.481 e. The van der Waals surface area contributed by atoms with Gasteiger partial charge in [-0.2, -0.15) is 5.10 Å². The van der Waals surface area contributed by atoms with Crippen molar-refractivity contribution in [1.29, 1.82) is 0 Å². The Balaban J connectivity index is 1.82. The van der Waals surface area contributed by atoms with Crippen LogP contribution >= 0.6 is 11.6 Å². The molecule has 0 spiro atoms. The van der Waals surface area contributed by atoms with Gasteiger partial charge in [-0.05, 0) is 51.1 Å². The number of aromatic nitrogens is 2. The summed E-state index contributed by atoms with van der Waals surface area (Å²) in [5, 5.41) is 18.0. The minimum Gasteiger partial charge on any atom is -0.481 e. The van der Waals surface area contributed by atoms with E-state index in [1.54, 1.807) is 13.8 Å². The second-order valence-corrected chi connectivity index (χ2v) is 7.85. The topological polar surface area (TPSA) is 67.2 Å². The molecule has 0 saturated heterocycles. The zero-order valence-corrected chi connectivity index (χ0v) is 16.8. The molecule has 6 heteroatoms. The normalized spacial score (nSPS) is 11.5. The van der Waals surface area contributed by atoms with Gasteiger partial charge < -0.3 is 10.4 Å². The summed E-state index contributed by atoms with van der Waals surface area (Å²) >= 11 is 6.17. The van der Waals surface area contributed by atoms with Gasteiger partial charge in [0, 0.05) is 28.9 Å². The summed E-state index contributed by atoms with van der Waals surface area (Å²) in [5.41, 5.74) is 3.06. The lowest BCUT2D eigenvalue weighted by molar-refractivity contribution is -0.147. The van der Waals surface area contributed by atoms with Gasteiger partial charge in [0.2, 0.25) is 0 Å². The van der Waals surface area contributed by atoms with Crippen LogP contribution in [0.5, 0.6) is 0 Å². The van der Waals surface area contributed by atoms with Crippen LogP contribution in [0.2, 0.25) is 5.02 Å². The van der Waals surface area contributed by atoms with Gasteiger partial charge in [0.1, 0.15) is 0 Å². The van der Waals surface area contributed by atoms with Crippen LogP contribution in [0.3, 0.4) is 0 Å². The van der Waals surface area contributed by atoms with Crippen molar-refractivity contribution in [2.45, 2.75) is 26.8 Å². The maximum atomic E-state index is 11.3. The predicted molar refractivity (Wildman–Crippen MR) is 112 cm³/mol. The Morgan fingerprint density at radius 1 is 1.18 bits per heavy atom. The van der Waals surface area contributed by atoms with Crippen molar-refractivity contribution in [2.24, 2.45) is 5.41 Å². The molecular formula is C22H24ClN3O2. The number of nitrogens with zero attached hydrogens (tertiary/aromatic N) is 2. The molecule has 0 aliphatic carbocycles. The standard InChI is InChI=1S/C22H24ClN3O2/c1-22(2,21(27)28)11-12-24-14-17-15-26(19-9-4-3-5-10-19)25-20(17)16-7-6-8-18(23)13-16/h3-10,13,15,24H,11-12,14H2,1-2H3,(H,27,28). The van der Waals surface area contributed by atoms with Crippen LogP contribution in [0.4, 0.5) is 0 Å². The molecule has 0 aliphatic rings. The molecular weight excluding hydrogens is 374 g/mol. The maximum absolute atomic E-state index is 11.3. The van der Waals surface area contributed by atoms with E-state index in [1.165, 1.54) is 0 Å². The number of hydrogen-bond donors (Lipinski definition) is 2. The second-order valence-electron chi connectivity index (χ2n) is 7.41. The Hall–Kier alpha value is -2.63. The van der Waals surface area contributed by atoms with Gasteiger partial charge >= 0.3 is 5.97 Å². The minimum atomic E-state index is -0.786. The second kappa shape index (κ2) is 8.59. The van der Waals surface area contributed by atoms with Crippen LogP contribution in [0.25, 0.3) is 16.9 Å². The van der Waals surface area contributed by atoms with Gasteiger partial charge in [-0.25, -0.2) is 4.68 Å². The number of hydrogen-bond acceptors (Lipinski definition) is 3. The lowest BCUT2D eigenvalue weighted by Crippen LogP contribution is -2.28. The zero-order valence-electron chi connectivity index (χ0n) is 16.0. The van der Waals surface area contributed by atoms with Crippen molar-refractivity contribution in [3.63, 3.8) is 0 Å². The van der Waals surface area contributed by atoms with E-state index in [0.717, 1.165) is 22.5 Å². The number of para-hydroxylation sites is 1. The Morgan fingerprint density at radius 2 is 1.93 bits per heavy atom. The quantitative estimate of drug-likeness (QED) is 0.536. The highest BCUT2D eigenvalue weighted by Crippen LogP contribution is 2.26. The molecule has 0 saturated carbocycles. The number of benzene rings is 2. The first-order chi connectivity index (χ1) is 13.4. The fraction of sp³-hybridized carbons (Fsp3) is 0.273. The van der Waals surface area contributed by atoms with Crippen LogP contribution in [-0.4, -0.2) is 27.4 Å². The summed E-state index contributed by atoms with van der Waals surface area (Å²) in [7, 11) is 0. The lowest BCUT2D eigenvalue weighted by atomic mass is 9.90. The molecule has 1 heterocycles. The molecule has 3 aromatic rings. The van der Waals surface area contributed by atoms with Gasteiger partial charge in [-0.1, -0.05) is 41.9 Å². The van der Waals surface area contributed by atoms with Crippen molar-refractivity contribution in [3.05, 3.63) is 71.4 Å². The SMILES string of the molecule is CC(C)(CCNCc1cn(-c2ccccc2)nc1-c1cccc(Cl)c1)C(=O)O. The van der Waals surface area contributed by atoms with E-state index >= 15 is 0 Å². The first-order valence-corrected chi connectivity index (χ1v) is 9.59. The van der Waals surface area contributed by atoms with Crippen LogP contribution in [0.15, 0.2) is 60.8 Å². The average Bonchev–Trinajstić information content (AvgIpc) is 3.10. The number of aliphatic carboxylic acids is 1. The minimum absolute atomic E-state index is 0.543. The summed E-state index contributed by atoms with van der Waals surface area (Å²) in [6, 6.07) is 17.6. The third kappa shape index (κ3) is 4.80. The van der Waals surface area contributed by atoms with Crippen LogP contribution in [0.1, 0.15) is 25.8 Å².